The molecule has 0 aliphatic carbocycles. The van der Waals surface area contributed by atoms with Crippen LogP contribution >= 0.6 is 0 Å². The van der Waals surface area contributed by atoms with E-state index in [1.54, 1.807) is 0 Å². The standard InChI is InChI=1S/C14H22N2O2/c1-10-6-13-14(18-9-17-13)7-12(10)8-16-5-3-4-11(2)15/h6-7,11,16H,3-5,8-9,15H2,1-2H3. The second-order valence-electron chi connectivity index (χ2n) is 4.93. The zero-order valence-electron chi connectivity index (χ0n) is 11.2. The van der Waals surface area contributed by atoms with Crippen molar-refractivity contribution in [1.82, 2.24) is 5.32 Å². The minimum Gasteiger partial charge on any atom is -0.454 e. The highest BCUT2D eigenvalue weighted by molar-refractivity contribution is 5.48. The van der Waals surface area contributed by atoms with Gasteiger partial charge in [0.2, 0.25) is 6.79 Å². The molecule has 0 saturated carbocycles. The smallest absolute Gasteiger partial charge is 0.231 e. The topological polar surface area (TPSA) is 56.5 Å². The maximum atomic E-state index is 5.71. The summed E-state index contributed by atoms with van der Waals surface area (Å²) >= 11 is 0. The van der Waals surface area contributed by atoms with Gasteiger partial charge < -0.3 is 20.5 Å². The number of hydrogen-bond donors (Lipinski definition) is 2. The number of ether oxygens (including phenoxy) is 2. The second kappa shape index (κ2) is 6.07. The molecule has 1 atom stereocenters. The lowest BCUT2D eigenvalue weighted by Gasteiger charge is -2.10. The number of aryl methyl sites for hydroxylation is 1. The summed E-state index contributed by atoms with van der Waals surface area (Å²) in [4.78, 5) is 0. The molecule has 0 saturated heterocycles. The fraction of sp³-hybridized carbons (Fsp3) is 0.571. The lowest BCUT2D eigenvalue weighted by Crippen LogP contribution is -2.20. The van der Waals surface area contributed by atoms with E-state index in [1.165, 1.54) is 11.1 Å². The normalized spacial score (nSPS) is 14.8. The van der Waals surface area contributed by atoms with E-state index >= 15 is 0 Å². The van der Waals surface area contributed by atoms with Gasteiger partial charge in [0.15, 0.2) is 11.5 Å². The quantitative estimate of drug-likeness (QED) is 0.758. The van der Waals surface area contributed by atoms with E-state index < -0.39 is 0 Å². The fourth-order valence-corrected chi connectivity index (χ4v) is 2.05. The Morgan fingerprint density at radius 3 is 2.78 bits per heavy atom. The van der Waals surface area contributed by atoms with Crippen LogP contribution in [0.5, 0.6) is 11.5 Å². The summed E-state index contributed by atoms with van der Waals surface area (Å²) in [5, 5.41) is 3.44. The summed E-state index contributed by atoms with van der Waals surface area (Å²) in [6.07, 6.45) is 2.17. The molecule has 0 radical (unpaired) electrons. The molecule has 0 amide bonds. The average Bonchev–Trinajstić information content (AvgIpc) is 2.75. The monoisotopic (exact) mass is 250 g/mol. The Morgan fingerprint density at radius 2 is 2.06 bits per heavy atom. The number of benzene rings is 1. The molecule has 0 fully saturated rings. The zero-order valence-corrected chi connectivity index (χ0v) is 11.2. The van der Waals surface area contributed by atoms with Crippen LogP contribution < -0.4 is 20.5 Å². The van der Waals surface area contributed by atoms with E-state index in [0.717, 1.165) is 37.4 Å². The van der Waals surface area contributed by atoms with E-state index in [1.807, 2.05) is 13.0 Å². The molecule has 1 aliphatic heterocycles. The molecule has 1 aliphatic rings. The zero-order chi connectivity index (χ0) is 13.0. The number of fused-ring (bicyclic) bond motifs is 1. The van der Waals surface area contributed by atoms with Crippen LogP contribution in [0, 0.1) is 6.92 Å². The maximum Gasteiger partial charge on any atom is 0.231 e. The van der Waals surface area contributed by atoms with Gasteiger partial charge in [-0.25, -0.2) is 0 Å². The molecule has 4 nitrogen and oxygen atoms in total. The molecule has 2 rings (SSSR count). The Kier molecular flexibility index (Phi) is 4.44. The van der Waals surface area contributed by atoms with Crippen molar-refractivity contribution in [2.45, 2.75) is 39.3 Å². The molecular weight excluding hydrogens is 228 g/mol. The highest BCUT2D eigenvalue weighted by Crippen LogP contribution is 2.34. The third-order valence-electron chi connectivity index (χ3n) is 3.16. The summed E-state index contributed by atoms with van der Waals surface area (Å²) in [7, 11) is 0. The van der Waals surface area contributed by atoms with Crippen molar-refractivity contribution in [1.29, 1.82) is 0 Å². The fourth-order valence-electron chi connectivity index (χ4n) is 2.05. The predicted octanol–water partition coefficient (Wildman–Crippen LogP) is 1.94. The summed E-state index contributed by atoms with van der Waals surface area (Å²) in [5.41, 5.74) is 8.21. The number of hydrogen-bond acceptors (Lipinski definition) is 4. The molecule has 3 N–H and O–H groups in total. The third-order valence-corrected chi connectivity index (χ3v) is 3.16. The van der Waals surface area contributed by atoms with Gasteiger partial charge in [0.05, 0.1) is 0 Å². The Hall–Kier alpha value is -1.26. The summed E-state index contributed by atoms with van der Waals surface area (Å²) in [5.74, 6) is 1.71. The lowest BCUT2D eigenvalue weighted by atomic mass is 10.1. The lowest BCUT2D eigenvalue weighted by molar-refractivity contribution is 0.174. The van der Waals surface area contributed by atoms with Crippen LogP contribution in [-0.2, 0) is 6.54 Å². The van der Waals surface area contributed by atoms with E-state index in [4.69, 9.17) is 15.2 Å². The Morgan fingerprint density at radius 1 is 1.33 bits per heavy atom. The van der Waals surface area contributed by atoms with Crippen molar-refractivity contribution < 1.29 is 9.47 Å². The van der Waals surface area contributed by atoms with Crippen molar-refractivity contribution in [2.24, 2.45) is 5.73 Å². The van der Waals surface area contributed by atoms with Gasteiger partial charge >= 0.3 is 0 Å². The van der Waals surface area contributed by atoms with Gasteiger partial charge in [-0.15, -0.1) is 0 Å². The summed E-state index contributed by atoms with van der Waals surface area (Å²) < 4.78 is 10.7. The summed E-state index contributed by atoms with van der Waals surface area (Å²) in [6, 6.07) is 4.40. The predicted molar refractivity (Wildman–Crippen MR) is 71.9 cm³/mol. The van der Waals surface area contributed by atoms with E-state index in [0.29, 0.717) is 12.8 Å². The van der Waals surface area contributed by atoms with Crippen molar-refractivity contribution in [3.05, 3.63) is 23.3 Å². The Balaban J connectivity index is 1.82. The minimum atomic E-state index is 0.291. The minimum absolute atomic E-state index is 0.291. The molecule has 18 heavy (non-hydrogen) atoms. The van der Waals surface area contributed by atoms with Crippen molar-refractivity contribution in [3.63, 3.8) is 0 Å². The molecule has 1 heterocycles. The number of nitrogens with two attached hydrogens (primary N) is 1. The molecule has 1 aromatic carbocycles. The van der Waals surface area contributed by atoms with Crippen LogP contribution in [-0.4, -0.2) is 19.4 Å². The van der Waals surface area contributed by atoms with E-state index in [-0.39, 0.29) is 0 Å². The first-order chi connectivity index (χ1) is 8.66. The number of nitrogens with one attached hydrogen (secondary N) is 1. The molecule has 4 heteroatoms. The largest absolute Gasteiger partial charge is 0.454 e. The van der Waals surface area contributed by atoms with Crippen LogP contribution in [0.4, 0.5) is 0 Å². The molecule has 100 valence electrons. The van der Waals surface area contributed by atoms with Crippen LogP contribution in [0.1, 0.15) is 30.9 Å². The van der Waals surface area contributed by atoms with E-state index in [2.05, 4.69) is 18.3 Å². The van der Waals surface area contributed by atoms with Crippen molar-refractivity contribution in [3.8, 4) is 11.5 Å². The summed E-state index contributed by atoms with van der Waals surface area (Å²) in [6.45, 7) is 6.33. The van der Waals surface area contributed by atoms with Gasteiger partial charge in [-0.2, -0.15) is 0 Å². The van der Waals surface area contributed by atoms with Gasteiger partial charge in [-0.05, 0) is 56.5 Å². The molecule has 1 unspecified atom stereocenters. The highest BCUT2D eigenvalue weighted by atomic mass is 16.7. The van der Waals surface area contributed by atoms with E-state index in [9.17, 15) is 0 Å². The van der Waals surface area contributed by atoms with Crippen molar-refractivity contribution >= 4 is 0 Å². The van der Waals surface area contributed by atoms with Crippen LogP contribution in [0.25, 0.3) is 0 Å². The van der Waals surface area contributed by atoms with Crippen LogP contribution in [0.3, 0.4) is 0 Å². The maximum absolute atomic E-state index is 5.71. The third kappa shape index (κ3) is 3.37. The van der Waals surface area contributed by atoms with Gasteiger partial charge in [-0.3, -0.25) is 0 Å². The first kappa shape index (κ1) is 13.2. The first-order valence-corrected chi connectivity index (χ1v) is 6.52. The Labute approximate surface area is 108 Å². The molecule has 1 aromatic rings. The highest BCUT2D eigenvalue weighted by Gasteiger charge is 2.15. The SMILES string of the molecule is Cc1cc2c(cc1CNCCCC(C)N)OCO2. The second-order valence-corrected chi connectivity index (χ2v) is 4.93. The van der Waals surface area contributed by atoms with Crippen LogP contribution in [0.2, 0.25) is 0 Å². The van der Waals surface area contributed by atoms with Gasteiger partial charge in [0.25, 0.3) is 0 Å². The molecule has 0 aromatic heterocycles. The van der Waals surface area contributed by atoms with Gasteiger partial charge in [0, 0.05) is 12.6 Å². The first-order valence-electron chi connectivity index (χ1n) is 6.52. The van der Waals surface area contributed by atoms with Gasteiger partial charge in [0.1, 0.15) is 0 Å². The Bertz CT molecular complexity index is 405. The number of rotatable bonds is 6. The average molecular weight is 250 g/mol. The molecule has 0 spiro atoms. The molecular formula is C14H22N2O2. The molecule has 0 bridgehead atoms. The van der Waals surface area contributed by atoms with Gasteiger partial charge in [-0.1, -0.05) is 0 Å². The van der Waals surface area contributed by atoms with Crippen molar-refractivity contribution in [2.75, 3.05) is 13.3 Å². The van der Waals surface area contributed by atoms with Crippen LogP contribution in [0.15, 0.2) is 12.1 Å².